The monoisotopic (exact) mass is 496 g/mol. The Bertz CT molecular complexity index is 889. The zero-order chi connectivity index (χ0) is 22.8. The Kier molecular flexibility index (Phi) is 9.41. The summed E-state index contributed by atoms with van der Waals surface area (Å²) in [4.78, 5) is 34.5. The SMILES string of the molecule is O=C(COc1ccc(Br)cc1)N1CCN(Cc2cccc(F)c2)CC1.O=C(O)C(=O)O. The first kappa shape index (κ1) is 24.3. The molecule has 1 amide bonds. The van der Waals surface area contributed by atoms with Crippen LogP contribution in [0.3, 0.4) is 0 Å². The van der Waals surface area contributed by atoms with Gasteiger partial charge in [-0.3, -0.25) is 9.69 Å². The molecule has 2 aromatic rings. The molecule has 0 aromatic heterocycles. The highest BCUT2D eigenvalue weighted by Crippen LogP contribution is 2.16. The number of piperazine rings is 1. The Morgan fingerprint density at radius 3 is 2.13 bits per heavy atom. The summed E-state index contributed by atoms with van der Waals surface area (Å²) in [6, 6.07) is 14.1. The lowest BCUT2D eigenvalue weighted by Gasteiger charge is -2.34. The van der Waals surface area contributed by atoms with Crippen LogP contribution < -0.4 is 4.74 Å². The van der Waals surface area contributed by atoms with Crippen LogP contribution in [0.25, 0.3) is 0 Å². The van der Waals surface area contributed by atoms with E-state index in [-0.39, 0.29) is 18.3 Å². The fourth-order valence-corrected chi connectivity index (χ4v) is 3.08. The van der Waals surface area contributed by atoms with Gasteiger partial charge in [-0.15, -0.1) is 0 Å². The minimum atomic E-state index is -1.82. The van der Waals surface area contributed by atoms with E-state index in [0.717, 1.165) is 23.1 Å². The fraction of sp³-hybridized carbons (Fsp3) is 0.286. The molecule has 166 valence electrons. The van der Waals surface area contributed by atoms with Gasteiger partial charge in [0, 0.05) is 37.2 Å². The van der Waals surface area contributed by atoms with Gasteiger partial charge in [-0.25, -0.2) is 14.0 Å². The van der Waals surface area contributed by atoms with Gasteiger partial charge in [-0.05, 0) is 42.0 Å². The molecule has 3 rings (SSSR count). The van der Waals surface area contributed by atoms with Gasteiger partial charge < -0.3 is 19.8 Å². The zero-order valence-corrected chi connectivity index (χ0v) is 18.1. The number of ether oxygens (including phenoxy) is 1. The number of hydrogen-bond donors (Lipinski definition) is 2. The van der Waals surface area contributed by atoms with Crippen LogP contribution in [-0.2, 0) is 20.9 Å². The van der Waals surface area contributed by atoms with Gasteiger partial charge >= 0.3 is 11.9 Å². The third kappa shape index (κ3) is 8.73. The predicted octanol–water partition coefficient (Wildman–Crippen LogP) is 2.47. The number of carboxylic acid groups (broad SMARTS) is 2. The topological polar surface area (TPSA) is 107 Å². The van der Waals surface area contributed by atoms with Crippen molar-refractivity contribution in [1.82, 2.24) is 9.80 Å². The Morgan fingerprint density at radius 1 is 0.968 bits per heavy atom. The number of aliphatic carboxylic acids is 2. The Labute approximate surface area is 187 Å². The second-order valence-corrected chi connectivity index (χ2v) is 7.56. The smallest absolute Gasteiger partial charge is 0.414 e. The van der Waals surface area contributed by atoms with Crippen molar-refractivity contribution in [2.75, 3.05) is 32.8 Å². The minimum absolute atomic E-state index is 0.00618. The first-order valence-corrected chi connectivity index (χ1v) is 10.1. The maximum absolute atomic E-state index is 13.2. The first-order chi connectivity index (χ1) is 14.7. The molecule has 31 heavy (non-hydrogen) atoms. The van der Waals surface area contributed by atoms with Crippen molar-refractivity contribution >= 4 is 33.8 Å². The van der Waals surface area contributed by atoms with Crippen molar-refractivity contribution in [3.8, 4) is 5.75 Å². The molecule has 0 unspecified atom stereocenters. The molecule has 10 heteroatoms. The summed E-state index contributed by atoms with van der Waals surface area (Å²) in [7, 11) is 0. The average molecular weight is 497 g/mol. The molecule has 2 aromatic carbocycles. The summed E-state index contributed by atoms with van der Waals surface area (Å²) in [5, 5.41) is 14.8. The molecule has 1 saturated heterocycles. The van der Waals surface area contributed by atoms with Gasteiger partial charge in [0.05, 0.1) is 0 Å². The van der Waals surface area contributed by atoms with E-state index in [9.17, 15) is 9.18 Å². The maximum atomic E-state index is 13.2. The van der Waals surface area contributed by atoms with Crippen LogP contribution in [0, 0.1) is 5.82 Å². The Balaban J connectivity index is 0.000000501. The van der Waals surface area contributed by atoms with Gasteiger partial charge in [-0.1, -0.05) is 28.1 Å². The Morgan fingerprint density at radius 2 is 1.58 bits per heavy atom. The van der Waals surface area contributed by atoms with Crippen LogP contribution >= 0.6 is 15.9 Å². The second-order valence-electron chi connectivity index (χ2n) is 6.64. The molecular weight excluding hydrogens is 475 g/mol. The summed E-state index contributed by atoms with van der Waals surface area (Å²) >= 11 is 3.37. The highest BCUT2D eigenvalue weighted by atomic mass is 79.9. The molecule has 1 fully saturated rings. The second kappa shape index (κ2) is 12.0. The number of nitrogens with zero attached hydrogens (tertiary/aromatic N) is 2. The molecule has 0 saturated carbocycles. The third-order valence-electron chi connectivity index (χ3n) is 4.38. The standard InChI is InChI=1S/C19H20BrFN2O2.C2H2O4/c20-16-4-6-18(7-5-16)25-14-19(24)23-10-8-22(9-11-23)13-15-2-1-3-17(21)12-15;3-1(4)2(5)6/h1-7,12H,8-11,13-14H2;(H,3,4)(H,5,6). The average Bonchev–Trinajstić information content (AvgIpc) is 2.74. The van der Waals surface area contributed by atoms with Crippen LogP contribution in [0.15, 0.2) is 53.0 Å². The molecule has 1 aliphatic heterocycles. The number of amides is 1. The van der Waals surface area contributed by atoms with E-state index in [4.69, 9.17) is 24.5 Å². The van der Waals surface area contributed by atoms with Crippen LogP contribution in [0.1, 0.15) is 5.56 Å². The molecule has 0 aliphatic carbocycles. The maximum Gasteiger partial charge on any atom is 0.414 e. The summed E-state index contributed by atoms with van der Waals surface area (Å²) in [5.74, 6) is -3.18. The summed E-state index contributed by atoms with van der Waals surface area (Å²) in [5.41, 5.74) is 0.957. The van der Waals surface area contributed by atoms with Crippen molar-refractivity contribution < 1.29 is 33.7 Å². The molecule has 0 atom stereocenters. The van der Waals surface area contributed by atoms with Crippen molar-refractivity contribution in [2.24, 2.45) is 0 Å². The molecule has 8 nitrogen and oxygen atoms in total. The molecule has 0 spiro atoms. The normalized spacial score (nSPS) is 13.7. The van der Waals surface area contributed by atoms with E-state index in [1.807, 2.05) is 35.2 Å². The van der Waals surface area contributed by atoms with E-state index < -0.39 is 11.9 Å². The number of carbonyl (C=O) groups is 3. The summed E-state index contributed by atoms with van der Waals surface area (Å²) < 4.78 is 19.8. The van der Waals surface area contributed by atoms with Crippen LogP contribution in [0.5, 0.6) is 5.75 Å². The lowest BCUT2D eigenvalue weighted by atomic mass is 10.2. The van der Waals surface area contributed by atoms with Crippen molar-refractivity contribution in [3.05, 3.63) is 64.4 Å². The molecular formula is C21H22BrFN2O6. The molecule has 0 radical (unpaired) electrons. The molecule has 1 aliphatic rings. The van der Waals surface area contributed by atoms with Gasteiger partial charge in [0.1, 0.15) is 11.6 Å². The summed E-state index contributed by atoms with van der Waals surface area (Å²) in [6.45, 7) is 3.64. The lowest BCUT2D eigenvalue weighted by molar-refractivity contribution is -0.159. The Hall–Kier alpha value is -2.98. The van der Waals surface area contributed by atoms with Crippen LogP contribution in [-0.4, -0.2) is 70.6 Å². The minimum Gasteiger partial charge on any atom is -0.484 e. The number of hydrogen-bond acceptors (Lipinski definition) is 5. The highest BCUT2D eigenvalue weighted by Gasteiger charge is 2.21. The number of carboxylic acids is 2. The largest absolute Gasteiger partial charge is 0.484 e. The van der Waals surface area contributed by atoms with Gasteiger partial charge in [-0.2, -0.15) is 0 Å². The van der Waals surface area contributed by atoms with Gasteiger partial charge in [0.15, 0.2) is 6.61 Å². The van der Waals surface area contributed by atoms with E-state index >= 15 is 0 Å². The third-order valence-corrected chi connectivity index (χ3v) is 4.91. The van der Waals surface area contributed by atoms with Crippen LogP contribution in [0.4, 0.5) is 4.39 Å². The van der Waals surface area contributed by atoms with Crippen molar-refractivity contribution in [3.63, 3.8) is 0 Å². The van der Waals surface area contributed by atoms with Crippen molar-refractivity contribution in [1.29, 1.82) is 0 Å². The van der Waals surface area contributed by atoms with E-state index in [1.165, 1.54) is 6.07 Å². The lowest BCUT2D eigenvalue weighted by Crippen LogP contribution is -2.49. The van der Waals surface area contributed by atoms with Crippen LogP contribution in [0.2, 0.25) is 0 Å². The molecule has 0 bridgehead atoms. The van der Waals surface area contributed by atoms with Crippen molar-refractivity contribution in [2.45, 2.75) is 6.54 Å². The molecule has 2 N–H and O–H groups in total. The number of benzene rings is 2. The number of halogens is 2. The van der Waals surface area contributed by atoms with Gasteiger partial charge in [0.25, 0.3) is 5.91 Å². The highest BCUT2D eigenvalue weighted by molar-refractivity contribution is 9.10. The van der Waals surface area contributed by atoms with E-state index in [0.29, 0.717) is 25.4 Å². The predicted molar refractivity (Wildman–Crippen MR) is 113 cm³/mol. The number of carbonyl (C=O) groups excluding carboxylic acids is 1. The van der Waals surface area contributed by atoms with E-state index in [2.05, 4.69) is 20.8 Å². The first-order valence-electron chi connectivity index (χ1n) is 9.33. The quantitative estimate of drug-likeness (QED) is 0.612. The molecule has 1 heterocycles. The van der Waals surface area contributed by atoms with E-state index in [1.54, 1.807) is 12.1 Å². The summed E-state index contributed by atoms with van der Waals surface area (Å²) in [6.07, 6.45) is 0. The van der Waals surface area contributed by atoms with Gasteiger partial charge in [0.2, 0.25) is 0 Å². The number of rotatable bonds is 5. The zero-order valence-electron chi connectivity index (χ0n) is 16.5. The fourth-order valence-electron chi connectivity index (χ4n) is 2.82.